The number of alkyl halides is 6. The highest BCUT2D eigenvalue weighted by Gasteiger charge is 2.38. The van der Waals surface area contributed by atoms with Crippen molar-refractivity contribution < 1.29 is 41.0 Å². The SMILES string of the molecule is CN(C)c1cc(NCc2csc(CNC(=O)c3ccccc3)n2)nc(C(F)(F)F)n1.O=C(O)C(F)(F)F. The van der Waals surface area contributed by atoms with Crippen molar-refractivity contribution in [2.75, 3.05) is 24.3 Å². The van der Waals surface area contributed by atoms with Crippen LogP contribution in [0.4, 0.5) is 38.0 Å². The highest BCUT2D eigenvalue weighted by Crippen LogP contribution is 2.29. The number of carboxylic acids is 1. The molecule has 2 aromatic heterocycles. The summed E-state index contributed by atoms with van der Waals surface area (Å²) in [5.74, 6) is -3.98. The maximum atomic E-state index is 13.0. The van der Waals surface area contributed by atoms with Crippen molar-refractivity contribution in [3.8, 4) is 0 Å². The second-order valence-corrected chi connectivity index (χ2v) is 8.21. The van der Waals surface area contributed by atoms with Crippen molar-refractivity contribution in [2.45, 2.75) is 25.4 Å². The van der Waals surface area contributed by atoms with Crippen molar-refractivity contribution in [1.29, 1.82) is 0 Å². The van der Waals surface area contributed by atoms with Crippen LogP contribution in [0.1, 0.15) is 26.9 Å². The number of aliphatic carboxylic acids is 1. The Hall–Kier alpha value is -3.95. The van der Waals surface area contributed by atoms with E-state index >= 15 is 0 Å². The van der Waals surface area contributed by atoms with Gasteiger partial charge < -0.3 is 20.6 Å². The van der Waals surface area contributed by atoms with Crippen molar-refractivity contribution >= 4 is 34.8 Å². The number of hydrogen-bond acceptors (Lipinski definition) is 8. The Bertz CT molecular complexity index is 1200. The van der Waals surface area contributed by atoms with Crippen LogP contribution in [0, 0.1) is 0 Å². The third-order valence-electron chi connectivity index (χ3n) is 4.15. The minimum absolute atomic E-state index is 0.0490. The number of nitrogens with one attached hydrogen (secondary N) is 2. The number of anilines is 2. The lowest BCUT2D eigenvalue weighted by molar-refractivity contribution is -0.192. The number of rotatable bonds is 7. The van der Waals surface area contributed by atoms with E-state index in [-0.39, 0.29) is 30.6 Å². The van der Waals surface area contributed by atoms with E-state index in [1.165, 1.54) is 22.3 Å². The normalized spacial score (nSPS) is 11.2. The smallest absolute Gasteiger partial charge is 0.475 e. The Morgan fingerprint density at radius 2 is 1.62 bits per heavy atom. The fourth-order valence-corrected chi connectivity index (χ4v) is 3.15. The maximum absolute atomic E-state index is 13.0. The summed E-state index contributed by atoms with van der Waals surface area (Å²) in [4.78, 5) is 33.9. The number of nitrogens with zero attached hydrogens (tertiary/aromatic N) is 4. The summed E-state index contributed by atoms with van der Waals surface area (Å²) in [6.07, 6.45) is -9.73. The minimum atomic E-state index is -5.08. The molecule has 200 valence electrons. The Morgan fingerprint density at radius 3 is 2.16 bits per heavy atom. The highest BCUT2D eigenvalue weighted by molar-refractivity contribution is 7.09. The molecule has 16 heteroatoms. The van der Waals surface area contributed by atoms with Gasteiger partial charge in [-0.1, -0.05) is 18.2 Å². The molecule has 0 bridgehead atoms. The van der Waals surface area contributed by atoms with Gasteiger partial charge in [-0.2, -0.15) is 26.3 Å². The standard InChI is InChI=1S/C19H19F3N6OS.C2HF3O2/c1-28(2)15-8-14(26-18(27-15)19(20,21)22)23-9-13-11-30-16(25-13)10-24-17(29)12-6-4-3-5-7-12;3-2(4,5)1(6)7/h3-8,11H,9-10H2,1-2H3,(H,24,29)(H,23,26,27);(H,6,7). The molecule has 3 aromatic rings. The molecule has 0 saturated heterocycles. The summed E-state index contributed by atoms with van der Waals surface area (Å²) in [5, 5.41) is 15.2. The lowest BCUT2D eigenvalue weighted by Gasteiger charge is -2.15. The zero-order valence-corrected chi connectivity index (χ0v) is 20.0. The first-order valence-electron chi connectivity index (χ1n) is 10.1. The molecule has 2 heterocycles. The zero-order valence-electron chi connectivity index (χ0n) is 19.2. The van der Waals surface area contributed by atoms with Crippen LogP contribution in [-0.2, 0) is 24.1 Å². The van der Waals surface area contributed by atoms with Gasteiger partial charge in [-0.3, -0.25) is 4.79 Å². The van der Waals surface area contributed by atoms with Crippen molar-refractivity contribution in [3.05, 3.63) is 63.9 Å². The lowest BCUT2D eigenvalue weighted by atomic mass is 10.2. The molecule has 1 amide bonds. The first-order valence-corrected chi connectivity index (χ1v) is 11.0. The van der Waals surface area contributed by atoms with Crippen molar-refractivity contribution in [3.63, 3.8) is 0 Å². The monoisotopic (exact) mass is 550 g/mol. The third-order valence-corrected chi connectivity index (χ3v) is 5.05. The summed E-state index contributed by atoms with van der Waals surface area (Å²) in [5.41, 5.74) is 1.18. The molecule has 0 aliphatic heterocycles. The molecule has 0 fully saturated rings. The largest absolute Gasteiger partial charge is 0.490 e. The van der Waals surface area contributed by atoms with E-state index in [0.717, 1.165) is 0 Å². The van der Waals surface area contributed by atoms with Gasteiger partial charge in [0.1, 0.15) is 16.6 Å². The number of carboxylic acid groups (broad SMARTS) is 1. The van der Waals surface area contributed by atoms with Crippen LogP contribution in [0.2, 0.25) is 0 Å². The maximum Gasteiger partial charge on any atom is 0.490 e. The van der Waals surface area contributed by atoms with Gasteiger partial charge in [0.2, 0.25) is 5.82 Å². The number of amides is 1. The number of thiazole rings is 1. The van der Waals surface area contributed by atoms with Gasteiger partial charge in [-0.25, -0.2) is 19.7 Å². The lowest BCUT2D eigenvalue weighted by Crippen LogP contribution is -2.22. The molecule has 0 radical (unpaired) electrons. The van der Waals surface area contributed by atoms with Crippen LogP contribution >= 0.6 is 11.3 Å². The molecular weight excluding hydrogens is 530 g/mol. The molecule has 0 atom stereocenters. The van der Waals surface area contributed by atoms with Crippen LogP contribution in [0.15, 0.2) is 41.8 Å². The number of carbonyl (C=O) groups is 2. The van der Waals surface area contributed by atoms with Gasteiger partial charge in [0, 0.05) is 31.1 Å². The van der Waals surface area contributed by atoms with Crippen LogP contribution < -0.4 is 15.5 Å². The predicted octanol–water partition coefficient (Wildman–Crippen LogP) is 4.19. The number of hydrogen-bond donors (Lipinski definition) is 3. The number of benzene rings is 1. The Morgan fingerprint density at radius 1 is 1.00 bits per heavy atom. The van der Waals surface area contributed by atoms with Gasteiger partial charge in [0.05, 0.1) is 18.8 Å². The summed E-state index contributed by atoms with van der Waals surface area (Å²) in [6, 6.07) is 10.2. The quantitative estimate of drug-likeness (QED) is 0.375. The molecule has 9 nitrogen and oxygen atoms in total. The number of carbonyl (C=O) groups excluding carboxylic acids is 1. The Labute approximate surface area is 210 Å². The van der Waals surface area contributed by atoms with E-state index in [4.69, 9.17) is 9.90 Å². The van der Waals surface area contributed by atoms with Gasteiger partial charge in [-0.15, -0.1) is 11.3 Å². The van der Waals surface area contributed by atoms with Gasteiger partial charge >= 0.3 is 18.3 Å². The molecule has 0 aliphatic carbocycles. The summed E-state index contributed by atoms with van der Waals surface area (Å²) >= 11 is 1.35. The first kappa shape index (κ1) is 29.3. The molecule has 0 aliphatic rings. The van der Waals surface area contributed by atoms with Crippen LogP contribution in [0.3, 0.4) is 0 Å². The van der Waals surface area contributed by atoms with Gasteiger partial charge in [0.15, 0.2) is 0 Å². The average Bonchev–Trinajstić information content (AvgIpc) is 3.28. The molecule has 0 saturated carbocycles. The van der Waals surface area contributed by atoms with Gasteiger partial charge in [-0.05, 0) is 12.1 Å². The topological polar surface area (TPSA) is 120 Å². The summed E-state index contributed by atoms with van der Waals surface area (Å²) in [7, 11) is 3.20. The molecule has 0 spiro atoms. The van der Waals surface area contributed by atoms with E-state index in [0.29, 0.717) is 16.3 Å². The van der Waals surface area contributed by atoms with E-state index < -0.39 is 24.1 Å². The first-order chi connectivity index (χ1) is 17.2. The highest BCUT2D eigenvalue weighted by atomic mass is 32.1. The van der Waals surface area contributed by atoms with Gasteiger partial charge in [0.25, 0.3) is 5.91 Å². The number of halogens is 6. The Balaban J connectivity index is 0.000000604. The minimum Gasteiger partial charge on any atom is -0.475 e. The molecule has 1 aromatic carbocycles. The molecule has 37 heavy (non-hydrogen) atoms. The van der Waals surface area contributed by atoms with E-state index in [9.17, 15) is 31.1 Å². The fourth-order valence-electron chi connectivity index (χ4n) is 2.42. The van der Waals surface area contributed by atoms with E-state index in [1.807, 2.05) is 6.07 Å². The summed E-state index contributed by atoms with van der Waals surface area (Å²) < 4.78 is 70.8. The Kier molecular flexibility index (Phi) is 9.76. The molecule has 3 rings (SSSR count). The predicted molar refractivity (Wildman–Crippen MR) is 122 cm³/mol. The third kappa shape index (κ3) is 9.55. The molecule has 3 N–H and O–H groups in total. The zero-order chi connectivity index (χ0) is 27.8. The average molecular weight is 550 g/mol. The second-order valence-electron chi connectivity index (χ2n) is 7.26. The van der Waals surface area contributed by atoms with Crippen molar-refractivity contribution in [2.24, 2.45) is 0 Å². The fraction of sp³-hybridized carbons (Fsp3) is 0.286. The van der Waals surface area contributed by atoms with E-state index in [1.54, 1.807) is 43.7 Å². The number of aromatic nitrogens is 3. The van der Waals surface area contributed by atoms with E-state index in [2.05, 4.69) is 25.6 Å². The molecule has 0 unspecified atom stereocenters. The van der Waals surface area contributed by atoms with Crippen LogP contribution in [0.25, 0.3) is 0 Å². The molecular formula is C21H20F6N6O3S. The second kappa shape index (κ2) is 12.3. The summed E-state index contributed by atoms with van der Waals surface area (Å²) in [6.45, 7) is 0.444. The van der Waals surface area contributed by atoms with Crippen LogP contribution in [-0.4, -0.2) is 52.2 Å². The van der Waals surface area contributed by atoms with Crippen molar-refractivity contribution in [1.82, 2.24) is 20.3 Å². The van der Waals surface area contributed by atoms with Crippen LogP contribution in [0.5, 0.6) is 0 Å².